The second-order valence-electron chi connectivity index (χ2n) is 6.95. The summed E-state index contributed by atoms with van der Waals surface area (Å²) in [6.45, 7) is 1.14. The maximum absolute atomic E-state index is 13.8. The van der Waals surface area contributed by atoms with Crippen LogP contribution >= 0.6 is 0 Å². The minimum absolute atomic E-state index is 0.0331. The molecule has 0 atom stereocenters. The summed E-state index contributed by atoms with van der Waals surface area (Å²) in [7, 11) is -3.87. The fourth-order valence-electron chi connectivity index (χ4n) is 2.77. The van der Waals surface area contributed by atoms with Gasteiger partial charge in [-0.2, -0.15) is 0 Å². The molecule has 166 valence electrons. The SMILES string of the molecule is Cc1ccc(NC(=O)COC(=O)c2cccc(S(=O)(=O)NCc3ccccc3)c2)c(F)c1. The van der Waals surface area contributed by atoms with E-state index in [2.05, 4.69) is 10.0 Å². The number of halogens is 1. The molecule has 0 aliphatic carbocycles. The normalized spacial score (nSPS) is 11.1. The van der Waals surface area contributed by atoms with E-state index in [4.69, 9.17) is 4.74 Å². The van der Waals surface area contributed by atoms with Gasteiger partial charge in [0.1, 0.15) is 5.82 Å². The van der Waals surface area contributed by atoms with Gasteiger partial charge < -0.3 is 10.1 Å². The molecule has 32 heavy (non-hydrogen) atoms. The third-order valence-corrected chi connectivity index (χ3v) is 5.82. The van der Waals surface area contributed by atoms with Gasteiger partial charge in [-0.3, -0.25) is 4.79 Å². The summed E-state index contributed by atoms with van der Waals surface area (Å²) in [5, 5.41) is 2.32. The predicted molar refractivity (Wildman–Crippen MR) is 117 cm³/mol. The highest BCUT2D eigenvalue weighted by Gasteiger charge is 2.18. The van der Waals surface area contributed by atoms with Crippen LogP contribution in [0, 0.1) is 12.7 Å². The Labute approximate surface area is 185 Å². The van der Waals surface area contributed by atoms with E-state index in [1.54, 1.807) is 37.3 Å². The highest BCUT2D eigenvalue weighted by molar-refractivity contribution is 7.89. The van der Waals surface area contributed by atoms with E-state index in [-0.39, 0.29) is 22.7 Å². The van der Waals surface area contributed by atoms with Crippen molar-refractivity contribution in [2.75, 3.05) is 11.9 Å². The standard InChI is InChI=1S/C23H21FN2O5S/c1-16-10-11-21(20(24)12-16)26-22(27)15-31-23(28)18-8-5-9-19(13-18)32(29,30)25-14-17-6-3-2-4-7-17/h2-13,25H,14-15H2,1H3,(H,26,27). The smallest absolute Gasteiger partial charge is 0.338 e. The molecule has 0 fully saturated rings. The van der Waals surface area contributed by atoms with Crippen LogP contribution < -0.4 is 10.0 Å². The number of aryl methyl sites for hydroxylation is 1. The minimum Gasteiger partial charge on any atom is -0.452 e. The number of nitrogens with one attached hydrogen (secondary N) is 2. The number of esters is 1. The second-order valence-corrected chi connectivity index (χ2v) is 8.71. The van der Waals surface area contributed by atoms with Gasteiger partial charge in [0, 0.05) is 6.54 Å². The van der Waals surface area contributed by atoms with E-state index in [0.29, 0.717) is 5.56 Å². The lowest BCUT2D eigenvalue weighted by Gasteiger charge is -2.10. The number of amides is 1. The monoisotopic (exact) mass is 456 g/mol. The molecule has 1 amide bonds. The molecule has 2 N–H and O–H groups in total. The zero-order valence-electron chi connectivity index (χ0n) is 17.2. The molecule has 0 bridgehead atoms. The first-order valence-electron chi connectivity index (χ1n) is 9.61. The van der Waals surface area contributed by atoms with Gasteiger partial charge in [0.15, 0.2) is 6.61 Å². The lowest BCUT2D eigenvalue weighted by Crippen LogP contribution is -2.24. The van der Waals surface area contributed by atoms with Crippen molar-refractivity contribution in [3.8, 4) is 0 Å². The average Bonchev–Trinajstić information content (AvgIpc) is 2.79. The third-order valence-electron chi connectivity index (χ3n) is 4.42. The molecular formula is C23H21FN2O5S. The number of ether oxygens (including phenoxy) is 1. The first-order valence-corrected chi connectivity index (χ1v) is 11.1. The second kappa shape index (κ2) is 10.2. The van der Waals surface area contributed by atoms with Crippen molar-refractivity contribution in [2.45, 2.75) is 18.4 Å². The predicted octanol–water partition coefficient (Wildman–Crippen LogP) is 3.41. The van der Waals surface area contributed by atoms with Crippen molar-refractivity contribution in [3.05, 3.63) is 95.3 Å². The summed E-state index contributed by atoms with van der Waals surface area (Å²) in [4.78, 5) is 24.1. The molecule has 3 aromatic carbocycles. The first kappa shape index (κ1) is 23.1. The maximum Gasteiger partial charge on any atom is 0.338 e. The van der Waals surface area contributed by atoms with Crippen molar-refractivity contribution in [2.24, 2.45) is 0 Å². The largest absolute Gasteiger partial charge is 0.452 e. The van der Waals surface area contributed by atoms with Crippen LogP contribution in [0.15, 0.2) is 77.7 Å². The molecule has 0 aliphatic rings. The lowest BCUT2D eigenvalue weighted by molar-refractivity contribution is -0.119. The van der Waals surface area contributed by atoms with Gasteiger partial charge in [-0.15, -0.1) is 0 Å². The number of anilines is 1. The summed E-state index contributed by atoms with van der Waals surface area (Å²) < 4.78 is 46.3. The molecule has 0 saturated heterocycles. The van der Waals surface area contributed by atoms with Crippen LogP contribution in [-0.2, 0) is 26.1 Å². The fourth-order valence-corrected chi connectivity index (χ4v) is 3.83. The zero-order valence-corrected chi connectivity index (χ0v) is 18.0. The van der Waals surface area contributed by atoms with Crippen LogP contribution in [0.1, 0.15) is 21.5 Å². The summed E-state index contributed by atoms with van der Waals surface area (Å²) in [5.41, 5.74) is 1.40. The molecule has 0 unspecified atom stereocenters. The first-order chi connectivity index (χ1) is 15.2. The van der Waals surface area contributed by atoms with Crippen LogP contribution in [0.25, 0.3) is 0 Å². The summed E-state index contributed by atoms with van der Waals surface area (Å²) in [5.74, 6) is -2.22. The molecule has 9 heteroatoms. The summed E-state index contributed by atoms with van der Waals surface area (Å²) in [6, 6.07) is 18.5. The third kappa shape index (κ3) is 6.22. The van der Waals surface area contributed by atoms with Gasteiger partial charge in [0.05, 0.1) is 16.1 Å². The molecule has 7 nitrogen and oxygen atoms in total. The topological polar surface area (TPSA) is 102 Å². The molecule has 0 aromatic heterocycles. The Morgan fingerprint density at radius 1 is 0.969 bits per heavy atom. The molecule has 0 aliphatic heterocycles. The maximum atomic E-state index is 13.8. The average molecular weight is 456 g/mol. The van der Waals surface area contributed by atoms with E-state index in [1.807, 2.05) is 6.07 Å². The highest BCUT2D eigenvalue weighted by atomic mass is 32.2. The quantitative estimate of drug-likeness (QED) is 0.506. The molecule has 0 heterocycles. The van der Waals surface area contributed by atoms with E-state index in [1.165, 1.54) is 30.3 Å². The van der Waals surface area contributed by atoms with E-state index >= 15 is 0 Å². The Bertz CT molecular complexity index is 1230. The van der Waals surface area contributed by atoms with Crippen molar-refractivity contribution in [3.63, 3.8) is 0 Å². The van der Waals surface area contributed by atoms with Gasteiger partial charge in [0.2, 0.25) is 10.0 Å². The molecular weight excluding hydrogens is 435 g/mol. The Morgan fingerprint density at radius 2 is 1.72 bits per heavy atom. The van der Waals surface area contributed by atoms with Crippen LogP contribution in [0.3, 0.4) is 0 Å². The Balaban J connectivity index is 1.60. The van der Waals surface area contributed by atoms with Crippen LogP contribution in [0.5, 0.6) is 0 Å². The number of benzene rings is 3. The van der Waals surface area contributed by atoms with Gasteiger partial charge in [-0.05, 0) is 48.4 Å². The van der Waals surface area contributed by atoms with Gasteiger partial charge in [-0.1, -0.05) is 42.5 Å². The zero-order chi connectivity index (χ0) is 23.1. The van der Waals surface area contributed by atoms with Crippen LogP contribution in [0.4, 0.5) is 10.1 Å². The number of carbonyl (C=O) groups is 2. The fraction of sp³-hybridized carbons (Fsp3) is 0.130. The van der Waals surface area contributed by atoms with Crippen LogP contribution in [0.2, 0.25) is 0 Å². The highest BCUT2D eigenvalue weighted by Crippen LogP contribution is 2.16. The van der Waals surface area contributed by atoms with Gasteiger partial charge in [-0.25, -0.2) is 22.3 Å². The summed E-state index contributed by atoms with van der Waals surface area (Å²) >= 11 is 0. The number of hydrogen-bond acceptors (Lipinski definition) is 5. The lowest BCUT2D eigenvalue weighted by atomic mass is 10.2. The molecule has 0 spiro atoms. The van der Waals surface area contributed by atoms with Gasteiger partial charge in [0.25, 0.3) is 5.91 Å². The summed E-state index contributed by atoms with van der Waals surface area (Å²) in [6.07, 6.45) is 0. The van der Waals surface area contributed by atoms with E-state index in [9.17, 15) is 22.4 Å². The van der Waals surface area contributed by atoms with E-state index < -0.39 is 34.3 Å². The van der Waals surface area contributed by atoms with Crippen molar-refractivity contribution < 1.29 is 27.1 Å². The van der Waals surface area contributed by atoms with Crippen molar-refractivity contribution in [1.29, 1.82) is 0 Å². The molecule has 0 radical (unpaired) electrons. The Hall–Kier alpha value is -3.56. The number of carbonyl (C=O) groups excluding carboxylic acids is 2. The van der Waals surface area contributed by atoms with Crippen molar-refractivity contribution >= 4 is 27.6 Å². The van der Waals surface area contributed by atoms with Crippen molar-refractivity contribution in [1.82, 2.24) is 4.72 Å². The molecule has 3 aromatic rings. The van der Waals surface area contributed by atoms with Crippen LogP contribution in [-0.4, -0.2) is 26.9 Å². The minimum atomic E-state index is -3.87. The number of rotatable bonds is 8. The number of sulfonamides is 1. The Morgan fingerprint density at radius 3 is 2.44 bits per heavy atom. The van der Waals surface area contributed by atoms with Gasteiger partial charge >= 0.3 is 5.97 Å². The van der Waals surface area contributed by atoms with E-state index in [0.717, 1.165) is 11.6 Å². The molecule has 3 rings (SSSR count). The Kier molecular flexibility index (Phi) is 7.34. The molecule has 0 saturated carbocycles. The number of hydrogen-bond donors (Lipinski definition) is 2.